The van der Waals surface area contributed by atoms with Gasteiger partial charge in [-0.1, -0.05) is 13.8 Å². The lowest BCUT2D eigenvalue weighted by Crippen LogP contribution is -1.76. The van der Waals surface area contributed by atoms with Crippen LogP contribution in [0.25, 0.3) is 0 Å². The molecule has 0 aromatic heterocycles. The molecule has 0 aliphatic carbocycles. The lowest BCUT2D eigenvalue weighted by atomic mass is 10.5. The third-order valence-corrected chi connectivity index (χ3v) is 0. The molecule has 0 aromatic carbocycles. The van der Waals surface area contributed by atoms with Crippen LogP contribution in [0.15, 0.2) is 0 Å². The van der Waals surface area contributed by atoms with Crippen molar-refractivity contribution >= 4 is 7.54 Å². The quantitative estimate of drug-likeness (QED) is 0.406. The fraction of sp³-hybridized carbons (Fsp3) is 1.00. The maximum Gasteiger partial charge on any atom is 0.762 e. The van der Waals surface area contributed by atoms with E-state index in [1.165, 1.54) is 0 Å². The van der Waals surface area contributed by atoms with E-state index in [1.54, 1.807) is 0 Å². The number of halogens is 3. The van der Waals surface area contributed by atoms with Crippen LogP contribution in [0.4, 0.5) is 12.9 Å². The zero-order chi connectivity index (χ0) is 5.58. The first-order valence-corrected chi connectivity index (χ1v) is 1.65. The van der Waals surface area contributed by atoms with Gasteiger partial charge in [-0.25, -0.2) is 0 Å². The third-order valence-electron chi connectivity index (χ3n) is 0. The monoisotopic (exact) mass is 98.1 g/mol. The molecule has 0 aliphatic heterocycles. The molecule has 0 N–H and O–H groups in total. The summed E-state index contributed by atoms with van der Waals surface area (Å²) >= 11 is 0. The second kappa shape index (κ2) is 8.85. The first-order chi connectivity index (χ1) is 2.73. The lowest BCUT2D eigenvalue weighted by Gasteiger charge is -1.55. The summed E-state index contributed by atoms with van der Waals surface area (Å²) in [6, 6.07) is 0. The Morgan fingerprint density at radius 2 is 1.00 bits per heavy atom. The van der Waals surface area contributed by atoms with Gasteiger partial charge < -0.3 is 0 Å². The average Bonchev–Trinajstić information content (AvgIpc) is 1.41. The van der Waals surface area contributed by atoms with Crippen molar-refractivity contribution < 1.29 is 12.9 Å². The van der Waals surface area contributed by atoms with Gasteiger partial charge in [0, 0.05) is 0 Å². The van der Waals surface area contributed by atoms with Crippen molar-refractivity contribution in [2.24, 2.45) is 0 Å². The molecule has 0 rings (SSSR count). The second-order valence-corrected chi connectivity index (χ2v) is 0.247. The van der Waals surface area contributed by atoms with Crippen molar-refractivity contribution in [1.29, 1.82) is 0 Å². The summed E-state index contributed by atoms with van der Waals surface area (Å²) in [6.45, 7) is 4.00. The van der Waals surface area contributed by atoms with Crippen LogP contribution in [0.2, 0.25) is 0 Å². The highest BCUT2D eigenvalue weighted by atomic mass is 19.4. The zero-order valence-corrected chi connectivity index (χ0v) is 3.71. The summed E-state index contributed by atoms with van der Waals surface area (Å²) in [5.41, 5.74) is 0. The van der Waals surface area contributed by atoms with E-state index in [2.05, 4.69) is 0 Å². The van der Waals surface area contributed by atoms with Crippen LogP contribution in [-0.4, -0.2) is 7.54 Å². The van der Waals surface area contributed by atoms with Crippen LogP contribution in [0.5, 0.6) is 0 Å². The number of hydrogen-bond acceptors (Lipinski definition) is 0. The molecule has 38 valence electrons. The normalized spacial score (nSPS) is 5.50. The molecule has 0 atom stereocenters. The fourth-order valence-corrected chi connectivity index (χ4v) is 0. The summed E-state index contributed by atoms with van der Waals surface area (Å²) in [6.07, 6.45) is 0. The van der Waals surface area contributed by atoms with Crippen molar-refractivity contribution in [2.45, 2.75) is 13.8 Å². The second-order valence-electron chi connectivity index (χ2n) is 0.247. The first kappa shape index (κ1) is 9.29. The molecule has 6 heavy (non-hydrogen) atoms. The fourth-order valence-electron chi connectivity index (χ4n) is 0. The van der Waals surface area contributed by atoms with E-state index in [9.17, 15) is 12.9 Å². The molecule has 0 aliphatic rings. The van der Waals surface area contributed by atoms with Crippen molar-refractivity contribution in [3.8, 4) is 0 Å². The van der Waals surface area contributed by atoms with Gasteiger partial charge in [0.1, 0.15) is 0 Å². The summed E-state index contributed by atoms with van der Waals surface area (Å²) in [4.78, 5) is 0. The predicted molar refractivity (Wildman–Crippen MR) is 20.4 cm³/mol. The minimum Gasteiger partial charge on any atom is -0.254 e. The van der Waals surface area contributed by atoms with E-state index in [4.69, 9.17) is 0 Å². The highest BCUT2D eigenvalue weighted by Crippen LogP contribution is 1.80. The van der Waals surface area contributed by atoms with Gasteiger partial charge in [0.05, 0.1) is 0 Å². The summed E-state index contributed by atoms with van der Waals surface area (Å²) < 4.78 is 29.0. The zero-order valence-electron chi connectivity index (χ0n) is 3.71. The molecule has 0 bridgehead atoms. The van der Waals surface area contributed by atoms with Crippen LogP contribution >= 0.6 is 0 Å². The smallest absolute Gasteiger partial charge is 0.254 e. The van der Waals surface area contributed by atoms with Gasteiger partial charge in [-0.05, 0) is 0 Å². The summed E-state index contributed by atoms with van der Waals surface area (Å²) in [5.74, 6) is 0. The minimum atomic E-state index is -3.67. The average molecular weight is 97.9 g/mol. The Balaban J connectivity index is 0. The number of hydrogen-bond donors (Lipinski definition) is 0. The van der Waals surface area contributed by atoms with Crippen LogP contribution in [0.1, 0.15) is 13.8 Å². The molecule has 0 saturated carbocycles. The minimum absolute atomic E-state index is 2.00. The van der Waals surface area contributed by atoms with Crippen molar-refractivity contribution in [2.75, 3.05) is 0 Å². The third kappa shape index (κ3) is 1490. The molecule has 0 radical (unpaired) electrons. The molecule has 0 fully saturated rings. The van der Waals surface area contributed by atoms with Crippen molar-refractivity contribution in [1.82, 2.24) is 0 Å². The molecule has 0 saturated heterocycles. The van der Waals surface area contributed by atoms with E-state index >= 15 is 0 Å². The highest BCUT2D eigenvalue weighted by Gasteiger charge is 2.06. The van der Waals surface area contributed by atoms with Crippen LogP contribution in [-0.2, 0) is 0 Å². The SMILES string of the molecule is CC.FB(F)F. The Hall–Kier alpha value is -0.145. The van der Waals surface area contributed by atoms with Gasteiger partial charge in [-0.2, -0.15) is 0 Å². The van der Waals surface area contributed by atoms with Gasteiger partial charge >= 0.3 is 7.54 Å². The number of rotatable bonds is 0. The molecular formula is C2H6BF3. The van der Waals surface area contributed by atoms with Crippen LogP contribution < -0.4 is 0 Å². The Bertz CT molecular complexity index is 13.5. The Morgan fingerprint density at radius 1 is 1.00 bits per heavy atom. The van der Waals surface area contributed by atoms with E-state index in [0.29, 0.717) is 0 Å². The Morgan fingerprint density at radius 3 is 1.00 bits per heavy atom. The molecule has 0 aromatic rings. The summed E-state index contributed by atoms with van der Waals surface area (Å²) in [7, 11) is -3.67. The van der Waals surface area contributed by atoms with Crippen LogP contribution in [0, 0.1) is 0 Å². The molecular weight excluding hydrogens is 91.8 g/mol. The largest absolute Gasteiger partial charge is 0.762 e. The molecule has 0 unspecified atom stereocenters. The van der Waals surface area contributed by atoms with Gasteiger partial charge in [-0.3, -0.25) is 12.9 Å². The first-order valence-electron chi connectivity index (χ1n) is 1.65. The molecule has 0 nitrogen and oxygen atoms in total. The Kier molecular flexibility index (Phi) is 13.7. The van der Waals surface area contributed by atoms with Crippen molar-refractivity contribution in [3.63, 3.8) is 0 Å². The predicted octanol–water partition coefficient (Wildman–Crippen LogP) is 1.91. The molecule has 4 heteroatoms. The molecule has 0 amide bonds. The van der Waals surface area contributed by atoms with Crippen LogP contribution in [0.3, 0.4) is 0 Å². The van der Waals surface area contributed by atoms with Gasteiger partial charge in [0.2, 0.25) is 0 Å². The van der Waals surface area contributed by atoms with E-state index < -0.39 is 7.54 Å². The highest BCUT2D eigenvalue weighted by molar-refractivity contribution is 6.33. The van der Waals surface area contributed by atoms with Gasteiger partial charge in [0.15, 0.2) is 0 Å². The van der Waals surface area contributed by atoms with Gasteiger partial charge in [0.25, 0.3) is 0 Å². The Labute approximate surface area is 35.6 Å². The maximum absolute atomic E-state index is 9.67. The van der Waals surface area contributed by atoms with E-state index in [1.807, 2.05) is 13.8 Å². The standard InChI is InChI=1S/C2H6.BF3/c1-2;2-1(3)4/h1-2H3;. The van der Waals surface area contributed by atoms with E-state index in [0.717, 1.165) is 0 Å². The molecule has 0 heterocycles. The van der Waals surface area contributed by atoms with Gasteiger partial charge in [-0.15, -0.1) is 0 Å². The van der Waals surface area contributed by atoms with E-state index in [-0.39, 0.29) is 0 Å². The summed E-state index contributed by atoms with van der Waals surface area (Å²) in [5, 5.41) is 0. The van der Waals surface area contributed by atoms with Crippen molar-refractivity contribution in [3.05, 3.63) is 0 Å². The maximum atomic E-state index is 9.67. The lowest BCUT2D eigenvalue weighted by molar-refractivity contribution is 0.535. The molecule has 0 spiro atoms. The topological polar surface area (TPSA) is 0 Å².